The van der Waals surface area contributed by atoms with Crippen molar-refractivity contribution in [2.24, 2.45) is 0 Å². The third kappa shape index (κ3) is 7.11. The number of amides is 4. The van der Waals surface area contributed by atoms with E-state index >= 15 is 0 Å². The highest BCUT2D eigenvalue weighted by Gasteiger charge is 2.51. The topological polar surface area (TPSA) is 115 Å². The quantitative estimate of drug-likeness (QED) is 0.294. The van der Waals surface area contributed by atoms with Gasteiger partial charge in [0.05, 0.1) is 26.3 Å². The lowest BCUT2D eigenvalue weighted by Crippen LogP contribution is -2.76. The van der Waals surface area contributed by atoms with Crippen molar-refractivity contribution in [3.63, 3.8) is 0 Å². The monoisotopic (exact) mass is 653 g/mol. The van der Waals surface area contributed by atoms with Gasteiger partial charge >= 0.3 is 6.03 Å². The van der Waals surface area contributed by atoms with Gasteiger partial charge in [0.15, 0.2) is 11.5 Å². The van der Waals surface area contributed by atoms with Crippen molar-refractivity contribution in [1.82, 2.24) is 25.1 Å². The van der Waals surface area contributed by atoms with Gasteiger partial charge in [0.2, 0.25) is 11.8 Å². The molecule has 0 spiro atoms. The van der Waals surface area contributed by atoms with Crippen LogP contribution in [0.5, 0.6) is 17.2 Å². The first-order valence-corrected chi connectivity index (χ1v) is 16.5. The van der Waals surface area contributed by atoms with E-state index in [4.69, 9.17) is 9.47 Å². The van der Waals surface area contributed by atoms with Crippen LogP contribution in [0.4, 0.5) is 4.79 Å². The van der Waals surface area contributed by atoms with E-state index in [1.165, 1.54) is 0 Å². The van der Waals surface area contributed by atoms with Crippen LogP contribution < -0.4 is 14.8 Å². The van der Waals surface area contributed by atoms with E-state index in [9.17, 15) is 19.5 Å². The van der Waals surface area contributed by atoms with E-state index in [1.54, 1.807) is 57.3 Å². The molecular weight excluding hydrogens is 610 g/mol. The summed E-state index contributed by atoms with van der Waals surface area (Å²) in [6, 6.07) is 20.6. The first-order chi connectivity index (χ1) is 23.4. The van der Waals surface area contributed by atoms with Crippen molar-refractivity contribution < 1.29 is 29.0 Å². The van der Waals surface area contributed by atoms with Crippen molar-refractivity contribution in [1.29, 1.82) is 0 Å². The predicted octanol–water partition coefficient (Wildman–Crippen LogP) is 4.46. The van der Waals surface area contributed by atoms with Gasteiger partial charge in [0.25, 0.3) is 0 Å². The molecule has 2 heterocycles. The summed E-state index contributed by atoms with van der Waals surface area (Å²) in [5.41, 5.74) is 2.50. The summed E-state index contributed by atoms with van der Waals surface area (Å²) >= 11 is 0. The number of nitrogens with zero attached hydrogens (tertiary/aromatic N) is 4. The molecule has 1 saturated carbocycles. The number of ether oxygens (including phenoxy) is 2. The van der Waals surface area contributed by atoms with Gasteiger partial charge in [-0.3, -0.25) is 9.59 Å². The molecule has 2 unspecified atom stereocenters. The number of para-hydroxylation sites is 1. The number of nitrogens with one attached hydrogen (secondary N) is 1. The van der Waals surface area contributed by atoms with Crippen LogP contribution in [0.3, 0.4) is 0 Å². The minimum Gasteiger partial charge on any atom is -0.508 e. The molecular formula is C37H43N5O6. The number of piperazine rings is 1. The first kappa shape index (κ1) is 32.9. The molecule has 11 heteroatoms. The summed E-state index contributed by atoms with van der Waals surface area (Å²) in [5, 5.41) is 16.2. The van der Waals surface area contributed by atoms with Crippen LogP contribution >= 0.6 is 0 Å². The van der Waals surface area contributed by atoms with Crippen molar-refractivity contribution in [2.45, 2.75) is 63.5 Å². The minimum atomic E-state index is -0.888. The average Bonchev–Trinajstić information content (AvgIpc) is 3.61. The molecule has 0 bridgehead atoms. The van der Waals surface area contributed by atoms with Gasteiger partial charge in [-0.05, 0) is 55.0 Å². The molecule has 1 aliphatic carbocycles. The number of fused-ring (bicyclic) bond motifs is 1. The van der Waals surface area contributed by atoms with Crippen LogP contribution in [0.15, 0.2) is 85.5 Å². The number of methoxy groups -OCH3 is 1. The van der Waals surface area contributed by atoms with Gasteiger partial charge in [-0.15, -0.1) is 6.58 Å². The number of phenolic OH excluding ortho intramolecular Hbond substituents is 1. The van der Waals surface area contributed by atoms with E-state index in [-0.39, 0.29) is 62.3 Å². The summed E-state index contributed by atoms with van der Waals surface area (Å²) in [4.78, 5) is 45.7. The lowest BCUT2D eigenvalue weighted by atomic mass is 9.98. The molecule has 3 aliphatic rings. The van der Waals surface area contributed by atoms with E-state index < -0.39 is 12.2 Å². The second-order valence-corrected chi connectivity index (χ2v) is 12.5. The lowest BCUT2D eigenvalue weighted by molar-refractivity contribution is -0.189. The number of carbonyl (C=O) groups is 3. The SMILES string of the molecule is C=CCN1CC(=O)N2C(Cc3ccc(O)cc3)C(=O)N(Cc3cccc(OC)c3OC3CCCC3)CC2N1C(=O)NCc1ccccc1. The number of hydrogen-bond donors (Lipinski definition) is 2. The van der Waals surface area contributed by atoms with E-state index in [0.717, 1.165) is 42.4 Å². The summed E-state index contributed by atoms with van der Waals surface area (Å²) in [5.74, 6) is 0.832. The van der Waals surface area contributed by atoms with Crippen molar-refractivity contribution in [3.8, 4) is 17.2 Å². The maximum atomic E-state index is 14.5. The maximum absolute atomic E-state index is 14.5. The number of urea groups is 1. The first-order valence-electron chi connectivity index (χ1n) is 16.5. The highest BCUT2D eigenvalue weighted by molar-refractivity contribution is 5.91. The van der Waals surface area contributed by atoms with Crippen molar-refractivity contribution >= 4 is 17.8 Å². The number of hydrogen-bond acceptors (Lipinski definition) is 7. The Kier molecular flexibility index (Phi) is 10.1. The lowest BCUT2D eigenvalue weighted by Gasteiger charge is -2.55. The highest BCUT2D eigenvalue weighted by Crippen LogP contribution is 2.37. The fourth-order valence-corrected chi connectivity index (χ4v) is 6.91. The fourth-order valence-electron chi connectivity index (χ4n) is 6.91. The molecule has 4 amide bonds. The molecule has 3 aromatic rings. The normalized spacial score (nSPS) is 20.1. The van der Waals surface area contributed by atoms with Gasteiger partial charge in [-0.25, -0.2) is 14.8 Å². The molecule has 11 nitrogen and oxygen atoms in total. The molecule has 48 heavy (non-hydrogen) atoms. The third-order valence-corrected chi connectivity index (χ3v) is 9.26. The molecule has 3 fully saturated rings. The summed E-state index contributed by atoms with van der Waals surface area (Å²) in [6.45, 7) is 4.62. The zero-order valence-electron chi connectivity index (χ0n) is 27.3. The molecule has 3 aromatic carbocycles. The Morgan fingerprint density at radius 2 is 1.75 bits per heavy atom. The largest absolute Gasteiger partial charge is 0.508 e. The van der Waals surface area contributed by atoms with Crippen molar-refractivity contribution in [2.75, 3.05) is 26.7 Å². The molecule has 2 saturated heterocycles. The molecule has 2 N–H and O–H groups in total. The Labute approximate surface area is 281 Å². The Morgan fingerprint density at radius 1 is 1.00 bits per heavy atom. The van der Waals surface area contributed by atoms with Gasteiger partial charge in [0, 0.05) is 31.6 Å². The van der Waals surface area contributed by atoms with Crippen LogP contribution in [0, 0.1) is 0 Å². The standard InChI is InChI=1S/C37H43N5O6/c1-3-20-40-25-34(44)41-31(21-26-16-18-29(43)19-17-26)36(45)39(24-33(41)42(40)37(46)38-22-27-10-5-4-6-11-27)23-28-12-9-15-32(47-2)35(28)48-30-13-7-8-14-30/h3-6,9-12,15-19,30-31,33,43H,1,7-8,13-14,20-25H2,2H3,(H,38,46). The Morgan fingerprint density at radius 3 is 2.46 bits per heavy atom. The number of hydrazine groups is 1. The van der Waals surface area contributed by atoms with Gasteiger partial charge < -0.3 is 29.7 Å². The predicted molar refractivity (Wildman–Crippen MR) is 180 cm³/mol. The highest BCUT2D eigenvalue weighted by atomic mass is 16.5. The van der Waals surface area contributed by atoms with Gasteiger partial charge in [-0.2, -0.15) is 0 Å². The minimum absolute atomic E-state index is 0.0714. The Hall–Kier alpha value is -5.03. The number of rotatable bonds is 11. The zero-order valence-corrected chi connectivity index (χ0v) is 27.3. The summed E-state index contributed by atoms with van der Waals surface area (Å²) in [6.07, 6.45) is 5.28. The van der Waals surface area contributed by atoms with E-state index in [1.807, 2.05) is 48.5 Å². The summed E-state index contributed by atoms with van der Waals surface area (Å²) < 4.78 is 12.2. The number of carbonyl (C=O) groups excluding carboxylic acids is 3. The van der Waals surface area contributed by atoms with E-state index in [0.29, 0.717) is 18.0 Å². The summed E-state index contributed by atoms with van der Waals surface area (Å²) in [7, 11) is 1.60. The average molecular weight is 654 g/mol. The van der Waals surface area contributed by atoms with Crippen molar-refractivity contribution in [3.05, 3.63) is 102 Å². The maximum Gasteiger partial charge on any atom is 0.334 e. The molecule has 252 valence electrons. The van der Waals surface area contributed by atoms with Crippen LogP contribution in [0.1, 0.15) is 42.4 Å². The number of benzene rings is 3. The smallest absolute Gasteiger partial charge is 0.334 e. The second-order valence-electron chi connectivity index (χ2n) is 12.5. The molecule has 2 atom stereocenters. The third-order valence-electron chi connectivity index (χ3n) is 9.26. The van der Waals surface area contributed by atoms with Crippen LogP contribution in [0.2, 0.25) is 0 Å². The number of phenols is 1. The Bertz CT molecular complexity index is 1610. The number of aromatic hydroxyl groups is 1. The molecule has 2 aliphatic heterocycles. The molecule has 0 radical (unpaired) electrons. The van der Waals surface area contributed by atoms with Gasteiger partial charge in [0.1, 0.15) is 18.0 Å². The molecule has 0 aromatic heterocycles. The fraction of sp³-hybridized carbons (Fsp3) is 0.378. The van der Waals surface area contributed by atoms with E-state index in [2.05, 4.69) is 11.9 Å². The van der Waals surface area contributed by atoms with Crippen LogP contribution in [-0.4, -0.2) is 87.8 Å². The molecule has 6 rings (SSSR count). The second kappa shape index (κ2) is 14.8. The van der Waals surface area contributed by atoms with Gasteiger partial charge in [-0.1, -0.05) is 60.7 Å². The Balaban J connectivity index is 1.36. The van der Waals surface area contributed by atoms with Crippen LogP contribution in [0.25, 0.3) is 0 Å². The van der Waals surface area contributed by atoms with Crippen LogP contribution in [-0.2, 0) is 29.1 Å². The zero-order chi connectivity index (χ0) is 33.6.